The van der Waals surface area contributed by atoms with Gasteiger partial charge in [-0.3, -0.25) is 9.59 Å². The molecule has 4 aromatic carbocycles. The summed E-state index contributed by atoms with van der Waals surface area (Å²) in [5, 5.41) is 4.95. The number of hydrogen-bond acceptors (Lipinski definition) is 3. The van der Waals surface area contributed by atoms with E-state index >= 15 is 0 Å². The maximum Gasteiger partial charge on any atom is 0.262 e. The highest BCUT2D eigenvalue weighted by Crippen LogP contribution is 2.29. The number of carbonyl (C=O) groups is 2. The van der Waals surface area contributed by atoms with Gasteiger partial charge in [0.05, 0.1) is 5.69 Å². The summed E-state index contributed by atoms with van der Waals surface area (Å²) in [5.41, 5.74) is 3.95. The number of rotatable bonds is 7. The van der Waals surface area contributed by atoms with Crippen molar-refractivity contribution >= 4 is 49.9 Å². The molecular weight excluding hydrogens is 504 g/mol. The second-order valence-electron chi connectivity index (χ2n) is 8.33. The van der Waals surface area contributed by atoms with Crippen LogP contribution in [0.2, 0.25) is 0 Å². The van der Waals surface area contributed by atoms with E-state index in [4.69, 9.17) is 4.74 Å². The molecule has 4 rings (SSSR count). The van der Waals surface area contributed by atoms with Crippen molar-refractivity contribution in [2.75, 3.05) is 23.4 Å². The quantitative estimate of drug-likeness (QED) is 0.282. The second-order valence-corrected chi connectivity index (χ2v) is 9.25. The minimum absolute atomic E-state index is 0.0914. The number of halogens is 1. The average Bonchev–Trinajstić information content (AvgIpc) is 2.84. The maximum atomic E-state index is 13.3. The van der Waals surface area contributed by atoms with Gasteiger partial charge in [-0.05, 0) is 79.7 Å². The van der Waals surface area contributed by atoms with Crippen LogP contribution in [0.1, 0.15) is 28.4 Å². The van der Waals surface area contributed by atoms with Crippen molar-refractivity contribution in [1.82, 2.24) is 0 Å². The summed E-state index contributed by atoms with van der Waals surface area (Å²) < 4.78 is 6.73. The van der Waals surface area contributed by atoms with Crippen LogP contribution in [-0.4, -0.2) is 25.0 Å². The molecule has 0 saturated carbocycles. The Hall–Kier alpha value is -3.64. The van der Waals surface area contributed by atoms with Crippen molar-refractivity contribution in [2.45, 2.75) is 20.8 Å². The number of aryl methyl sites for hydroxylation is 2. The number of anilines is 2. The van der Waals surface area contributed by atoms with Crippen LogP contribution >= 0.6 is 15.9 Å². The molecule has 178 valence electrons. The highest BCUT2D eigenvalue weighted by molar-refractivity contribution is 9.10. The number of nitrogens with zero attached hydrogens (tertiary/aromatic N) is 1. The molecule has 0 spiro atoms. The minimum Gasteiger partial charge on any atom is -0.483 e. The van der Waals surface area contributed by atoms with Crippen LogP contribution in [-0.2, 0) is 4.79 Å². The molecule has 0 atom stereocenters. The molecule has 0 fully saturated rings. The molecule has 1 N–H and O–H groups in total. The fourth-order valence-corrected chi connectivity index (χ4v) is 4.87. The molecule has 0 unspecified atom stereocenters. The first-order valence-electron chi connectivity index (χ1n) is 11.5. The number of ether oxygens (including phenoxy) is 1. The van der Waals surface area contributed by atoms with Crippen LogP contribution < -0.4 is 15.0 Å². The van der Waals surface area contributed by atoms with E-state index in [1.807, 2.05) is 75.4 Å². The Kier molecular flexibility index (Phi) is 7.51. The topological polar surface area (TPSA) is 58.6 Å². The van der Waals surface area contributed by atoms with Crippen LogP contribution in [0.15, 0.2) is 83.3 Å². The van der Waals surface area contributed by atoms with Gasteiger partial charge < -0.3 is 15.0 Å². The van der Waals surface area contributed by atoms with E-state index in [2.05, 4.69) is 21.2 Å². The Labute approximate surface area is 213 Å². The van der Waals surface area contributed by atoms with E-state index in [0.29, 0.717) is 23.5 Å². The molecule has 0 heterocycles. The lowest BCUT2D eigenvalue weighted by molar-refractivity contribution is -0.118. The Bertz CT molecular complexity index is 1350. The molecule has 0 aliphatic carbocycles. The summed E-state index contributed by atoms with van der Waals surface area (Å²) >= 11 is 3.46. The third-order valence-electron chi connectivity index (χ3n) is 5.81. The summed E-state index contributed by atoms with van der Waals surface area (Å²) in [4.78, 5) is 27.5. The largest absolute Gasteiger partial charge is 0.483 e. The molecule has 4 aromatic rings. The molecule has 5 nitrogen and oxygen atoms in total. The van der Waals surface area contributed by atoms with Gasteiger partial charge in [-0.2, -0.15) is 0 Å². The number of fused-ring (bicyclic) bond motifs is 1. The van der Waals surface area contributed by atoms with Gasteiger partial charge in [-0.15, -0.1) is 0 Å². The lowest BCUT2D eigenvalue weighted by Crippen LogP contribution is -2.30. The molecule has 0 radical (unpaired) electrons. The fourth-order valence-electron chi connectivity index (χ4n) is 4.18. The maximum absolute atomic E-state index is 13.3. The van der Waals surface area contributed by atoms with Crippen LogP contribution in [0, 0.1) is 13.8 Å². The summed E-state index contributed by atoms with van der Waals surface area (Å²) in [5.74, 6) is 0.348. The van der Waals surface area contributed by atoms with Gasteiger partial charge in [0, 0.05) is 27.7 Å². The molecule has 0 aliphatic rings. The van der Waals surface area contributed by atoms with Gasteiger partial charge >= 0.3 is 0 Å². The first kappa shape index (κ1) is 24.5. The third-order valence-corrected chi connectivity index (χ3v) is 6.26. The van der Waals surface area contributed by atoms with Crippen molar-refractivity contribution < 1.29 is 14.3 Å². The van der Waals surface area contributed by atoms with E-state index in [1.54, 1.807) is 29.2 Å². The first-order chi connectivity index (χ1) is 16.9. The Balaban J connectivity index is 1.43. The van der Waals surface area contributed by atoms with E-state index in [-0.39, 0.29) is 18.4 Å². The first-order valence-corrected chi connectivity index (χ1v) is 12.3. The van der Waals surface area contributed by atoms with E-state index in [1.165, 1.54) is 0 Å². The summed E-state index contributed by atoms with van der Waals surface area (Å²) in [6.45, 7) is 6.28. The fraction of sp³-hybridized carbons (Fsp3) is 0.172. The lowest BCUT2D eigenvalue weighted by atomic mass is 10.1. The van der Waals surface area contributed by atoms with E-state index in [0.717, 1.165) is 32.1 Å². The summed E-state index contributed by atoms with van der Waals surface area (Å²) in [6, 6.07) is 24.8. The monoisotopic (exact) mass is 530 g/mol. The van der Waals surface area contributed by atoms with Gasteiger partial charge in [-0.1, -0.05) is 52.3 Å². The molecule has 0 aromatic heterocycles. The van der Waals surface area contributed by atoms with Crippen LogP contribution in [0.25, 0.3) is 10.8 Å². The minimum atomic E-state index is -0.267. The number of benzene rings is 4. The molecule has 6 heteroatoms. The van der Waals surface area contributed by atoms with Gasteiger partial charge in [0.1, 0.15) is 5.75 Å². The summed E-state index contributed by atoms with van der Waals surface area (Å²) in [6.07, 6.45) is 0. The highest BCUT2D eigenvalue weighted by Gasteiger charge is 2.18. The van der Waals surface area contributed by atoms with Crippen molar-refractivity contribution in [3.8, 4) is 5.75 Å². The number of hydrogen-bond donors (Lipinski definition) is 1. The van der Waals surface area contributed by atoms with Gasteiger partial charge in [-0.25, -0.2) is 0 Å². The normalized spacial score (nSPS) is 10.7. The van der Waals surface area contributed by atoms with Crippen LogP contribution in [0.3, 0.4) is 0 Å². The van der Waals surface area contributed by atoms with Crippen molar-refractivity contribution in [2.24, 2.45) is 0 Å². The van der Waals surface area contributed by atoms with Crippen molar-refractivity contribution in [3.05, 3.63) is 100 Å². The number of carbonyl (C=O) groups excluding carboxylic acids is 2. The van der Waals surface area contributed by atoms with Gasteiger partial charge in [0.25, 0.3) is 11.8 Å². The Morgan fingerprint density at radius 2 is 1.57 bits per heavy atom. The lowest BCUT2D eigenvalue weighted by Gasteiger charge is -2.23. The molecular formula is C29H27BrN2O3. The zero-order valence-electron chi connectivity index (χ0n) is 20.0. The zero-order valence-corrected chi connectivity index (χ0v) is 21.6. The summed E-state index contributed by atoms with van der Waals surface area (Å²) in [7, 11) is 0. The highest BCUT2D eigenvalue weighted by atomic mass is 79.9. The molecule has 2 amide bonds. The van der Waals surface area contributed by atoms with E-state index < -0.39 is 0 Å². The molecule has 35 heavy (non-hydrogen) atoms. The van der Waals surface area contributed by atoms with Gasteiger partial charge in [0.2, 0.25) is 0 Å². The predicted octanol–water partition coefficient (Wildman–Crippen LogP) is 6.90. The average molecular weight is 531 g/mol. The van der Waals surface area contributed by atoms with Crippen LogP contribution in [0.5, 0.6) is 5.75 Å². The smallest absolute Gasteiger partial charge is 0.262 e. The zero-order chi connectivity index (χ0) is 24.9. The number of amides is 2. The second kappa shape index (κ2) is 10.7. The van der Waals surface area contributed by atoms with E-state index in [9.17, 15) is 9.59 Å². The third kappa shape index (κ3) is 5.54. The molecule has 0 saturated heterocycles. The van der Waals surface area contributed by atoms with Crippen LogP contribution in [0.4, 0.5) is 11.4 Å². The number of nitrogens with one attached hydrogen (secondary N) is 1. The molecule has 0 aliphatic heterocycles. The van der Waals surface area contributed by atoms with Crippen molar-refractivity contribution in [1.29, 1.82) is 0 Å². The Morgan fingerprint density at radius 3 is 2.26 bits per heavy atom. The Morgan fingerprint density at radius 1 is 0.914 bits per heavy atom. The van der Waals surface area contributed by atoms with Gasteiger partial charge in [0.15, 0.2) is 6.61 Å². The standard InChI is InChI=1S/C29H27BrN2O3/c1-4-32(26-11-7-9-21-8-5-6-10-25(21)26)29(34)22-12-14-24(15-13-22)31-27(33)18-35-28-19(2)16-23(30)17-20(28)3/h5-17H,4,18H2,1-3H3,(H,31,33). The predicted molar refractivity (Wildman–Crippen MR) is 145 cm³/mol. The van der Waals surface area contributed by atoms with Crippen molar-refractivity contribution in [3.63, 3.8) is 0 Å². The molecule has 0 bridgehead atoms. The SMILES string of the molecule is CCN(C(=O)c1ccc(NC(=O)COc2c(C)cc(Br)cc2C)cc1)c1cccc2ccccc12.